The third-order valence-corrected chi connectivity index (χ3v) is 6.54. The highest BCUT2D eigenvalue weighted by atomic mass is 19.1. The number of amides is 1. The van der Waals surface area contributed by atoms with E-state index in [2.05, 4.69) is 22.8 Å². The van der Waals surface area contributed by atoms with Gasteiger partial charge in [0.25, 0.3) is 5.91 Å². The Morgan fingerprint density at radius 3 is 2.41 bits per heavy atom. The van der Waals surface area contributed by atoms with Gasteiger partial charge in [-0.05, 0) is 68.1 Å². The molecule has 154 valence electrons. The van der Waals surface area contributed by atoms with Crippen LogP contribution in [0.15, 0.2) is 42.5 Å². The molecule has 29 heavy (non-hydrogen) atoms. The van der Waals surface area contributed by atoms with Gasteiger partial charge in [-0.1, -0.05) is 12.1 Å². The van der Waals surface area contributed by atoms with Crippen LogP contribution in [-0.2, 0) is 0 Å². The number of carbonyl (C=O) groups is 1. The number of hydrogen-bond acceptors (Lipinski definition) is 3. The summed E-state index contributed by atoms with van der Waals surface area (Å²) in [5, 5.41) is 0. The zero-order valence-corrected chi connectivity index (χ0v) is 17.4. The third-order valence-electron chi connectivity index (χ3n) is 6.54. The molecule has 0 radical (unpaired) electrons. The zero-order valence-electron chi connectivity index (χ0n) is 17.4. The molecule has 1 atom stereocenters. The van der Waals surface area contributed by atoms with Crippen molar-refractivity contribution < 1.29 is 9.18 Å². The van der Waals surface area contributed by atoms with Crippen LogP contribution in [0.5, 0.6) is 0 Å². The number of halogens is 1. The first-order valence-corrected chi connectivity index (χ1v) is 10.6. The molecular formula is C24H30FN3O. The number of likely N-dealkylation sites (tertiary alicyclic amines) is 1. The van der Waals surface area contributed by atoms with Gasteiger partial charge in [-0.2, -0.15) is 0 Å². The molecule has 2 fully saturated rings. The van der Waals surface area contributed by atoms with Gasteiger partial charge in [-0.25, -0.2) is 4.39 Å². The quantitative estimate of drug-likeness (QED) is 0.789. The van der Waals surface area contributed by atoms with E-state index in [0.29, 0.717) is 6.04 Å². The molecule has 1 amide bonds. The van der Waals surface area contributed by atoms with Crippen LogP contribution in [-0.4, -0.2) is 61.0 Å². The van der Waals surface area contributed by atoms with Gasteiger partial charge in [0, 0.05) is 56.6 Å². The number of carbonyl (C=O) groups excluding carboxylic acids is 1. The normalized spacial score (nSPS) is 20.7. The number of anilines is 1. The fourth-order valence-electron chi connectivity index (χ4n) is 4.59. The summed E-state index contributed by atoms with van der Waals surface area (Å²) >= 11 is 0. The van der Waals surface area contributed by atoms with Gasteiger partial charge >= 0.3 is 0 Å². The second kappa shape index (κ2) is 8.54. The van der Waals surface area contributed by atoms with Crippen molar-refractivity contribution in [1.82, 2.24) is 9.80 Å². The molecule has 0 N–H and O–H groups in total. The Morgan fingerprint density at radius 2 is 1.69 bits per heavy atom. The molecule has 2 aromatic carbocycles. The van der Waals surface area contributed by atoms with Crippen molar-refractivity contribution in [3.05, 3.63) is 65.0 Å². The first-order valence-electron chi connectivity index (χ1n) is 10.6. The Bertz CT molecular complexity index is 859. The highest BCUT2D eigenvalue weighted by Crippen LogP contribution is 2.23. The summed E-state index contributed by atoms with van der Waals surface area (Å²) in [7, 11) is 0. The standard InChI is InChI=1S/C24H30FN3O/c1-18-5-3-7-23(19(18)2)24(29)28-12-4-6-22(17-28)27-15-13-26(14-16-27)21-10-8-20(25)9-11-21/h3,5,7-11,22H,4,6,12-17H2,1-2H3/t22-/m0/s1. The first kappa shape index (κ1) is 19.9. The lowest BCUT2D eigenvalue weighted by Crippen LogP contribution is -2.56. The average Bonchev–Trinajstić information content (AvgIpc) is 2.76. The van der Waals surface area contributed by atoms with Gasteiger partial charge in [0.05, 0.1) is 0 Å². The van der Waals surface area contributed by atoms with Gasteiger partial charge in [-0.3, -0.25) is 9.69 Å². The van der Waals surface area contributed by atoms with Crippen molar-refractivity contribution in [3.8, 4) is 0 Å². The lowest BCUT2D eigenvalue weighted by Gasteiger charge is -2.44. The first-order chi connectivity index (χ1) is 14.0. The third kappa shape index (κ3) is 4.30. The van der Waals surface area contributed by atoms with Crippen LogP contribution < -0.4 is 4.90 Å². The predicted octanol–water partition coefficient (Wildman–Crippen LogP) is 3.87. The van der Waals surface area contributed by atoms with E-state index >= 15 is 0 Å². The molecule has 4 nitrogen and oxygen atoms in total. The summed E-state index contributed by atoms with van der Waals surface area (Å²) in [5.74, 6) is -0.0240. The summed E-state index contributed by atoms with van der Waals surface area (Å²) < 4.78 is 13.2. The summed E-state index contributed by atoms with van der Waals surface area (Å²) in [6.45, 7) is 9.59. The molecular weight excluding hydrogens is 365 g/mol. The van der Waals surface area contributed by atoms with Gasteiger partial charge < -0.3 is 9.80 Å². The molecule has 0 aliphatic carbocycles. The summed E-state index contributed by atoms with van der Waals surface area (Å²) in [6, 6.07) is 13.2. The van der Waals surface area contributed by atoms with E-state index < -0.39 is 0 Å². The molecule has 0 spiro atoms. The maximum Gasteiger partial charge on any atom is 0.254 e. The molecule has 0 unspecified atom stereocenters. The van der Waals surface area contributed by atoms with Crippen molar-refractivity contribution in [3.63, 3.8) is 0 Å². The van der Waals surface area contributed by atoms with Crippen LogP contribution in [0.2, 0.25) is 0 Å². The highest BCUT2D eigenvalue weighted by Gasteiger charge is 2.30. The molecule has 2 aromatic rings. The van der Waals surface area contributed by atoms with Crippen LogP contribution in [0.4, 0.5) is 10.1 Å². The minimum absolute atomic E-state index is 0.167. The second-order valence-electron chi connectivity index (χ2n) is 8.29. The number of nitrogens with zero attached hydrogens (tertiary/aromatic N) is 3. The Labute approximate surface area is 172 Å². The Balaban J connectivity index is 1.37. The van der Waals surface area contributed by atoms with Crippen molar-refractivity contribution >= 4 is 11.6 Å². The van der Waals surface area contributed by atoms with Crippen LogP contribution in [0.1, 0.15) is 34.3 Å². The Hall–Kier alpha value is -2.40. The lowest BCUT2D eigenvalue weighted by atomic mass is 9.99. The smallest absolute Gasteiger partial charge is 0.254 e. The number of benzene rings is 2. The minimum atomic E-state index is -0.191. The zero-order chi connectivity index (χ0) is 20.4. The van der Waals surface area contributed by atoms with E-state index in [0.717, 1.165) is 68.9 Å². The number of piperazine rings is 1. The van der Waals surface area contributed by atoms with Crippen LogP contribution in [0.25, 0.3) is 0 Å². The number of hydrogen-bond donors (Lipinski definition) is 0. The number of aryl methyl sites for hydroxylation is 1. The van der Waals surface area contributed by atoms with E-state index in [1.807, 2.05) is 36.1 Å². The predicted molar refractivity (Wildman–Crippen MR) is 115 cm³/mol. The Kier molecular flexibility index (Phi) is 5.86. The van der Waals surface area contributed by atoms with Crippen molar-refractivity contribution in [2.45, 2.75) is 32.7 Å². The van der Waals surface area contributed by atoms with Crippen LogP contribution in [0, 0.1) is 19.7 Å². The largest absolute Gasteiger partial charge is 0.369 e. The van der Waals surface area contributed by atoms with Gasteiger partial charge in [0.15, 0.2) is 0 Å². The van der Waals surface area contributed by atoms with Crippen molar-refractivity contribution in [2.75, 3.05) is 44.2 Å². The fourth-order valence-corrected chi connectivity index (χ4v) is 4.59. The number of rotatable bonds is 3. The van der Waals surface area contributed by atoms with Crippen molar-refractivity contribution in [2.24, 2.45) is 0 Å². The van der Waals surface area contributed by atoms with Gasteiger partial charge in [-0.15, -0.1) is 0 Å². The van der Waals surface area contributed by atoms with E-state index in [-0.39, 0.29) is 11.7 Å². The molecule has 2 saturated heterocycles. The molecule has 4 rings (SSSR count). The van der Waals surface area contributed by atoms with Crippen LogP contribution >= 0.6 is 0 Å². The topological polar surface area (TPSA) is 26.8 Å². The van der Waals surface area contributed by atoms with E-state index in [1.165, 1.54) is 17.7 Å². The fraction of sp³-hybridized carbons (Fsp3) is 0.458. The molecule has 5 heteroatoms. The molecule has 2 heterocycles. The summed E-state index contributed by atoms with van der Waals surface area (Å²) in [5.41, 5.74) is 4.18. The van der Waals surface area contributed by atoms with Crippen molar-refractivity contribution in [1.29, 1.82) is 0 Å². The van der Waals surface area contributed by atoms with E-state index in [4.69, 9.17) is 0 Å². The monoisotopic (exact) mass is 395 g/mol. The molecule has 0 bridgehead atoms. The molecule has 2 aliphatic heterocycles. The second-order valence-corrected chi connectivity index (χ2v) is 8.29. The highest BCUT2D eigenvalue weighted by molar-refractivity contribution is 5.96. The SMILES string of the molecule is Cc1cccc(C(=O)N2CCC[C@H](N3CCN(c4ccc(F)cc4)CC3)C2)c1C. The van der Waals surface area contributed by atoms with E-state index in [1.54, 1.807) is 0 Å². The summed E-state index contributed by atoms with van der Waals surface area (Å²) in [6.07, 6.45) is 2.20. The minimum Gasteiger partial charge on any atom is -0.369 e. The summed E-state index contributed by atoms with van der Waals surface area (Å²) in [4.78, 5) is 20.0. The maximum absolute atomic E-state index is 13.2. The Morgan fingerprint density at radius 1 is 0.966 bits per heavy atom. The molecule has 0 saturated carbocycles. The van der Waals surface area contributed by atoms with Gasteiger partial charge in [0.2, 0.25) is 0 Å². The number of piperidine rings is 1. The van der Waals surface area contributed by atoms with Crippen LogP contribution in [0.3, 0.4) is 0 Å². The average molecular weight is 396 g/mol. The molecule has 0 aromatic heterocycles. The molecule has 2 aliphatic rings. The van der Waals surface area contributed by atoms with Gasteiger partial charge in [0.1, 0.15) is 5.82 Å². The lowest BCUT2D eigenvalue weighted by molar-refractivity contribution is 0.0563. The van der Waals surface area contributed by atoms with E-state index in [9.17, 15) is 9.18 Å². The maximum atomic E-state index is 13.2.